The highest BCUT2D eigenvalue weighted by Crippen LogP contribution is 2.29. The first kappa shape index (κ1) is 16.7. The molecule has 3 rings (SSSR count). The molecule has 0 radical (unpaired) electrons. The molecular formula is C18H17O4P. The van der Waals surface area contributed by atoms with Crippen LogP contribution >= 0.6 is 8.25 Å². The van der Waals surface area contributed by atoms with E-state index < -0.39 is 8.25 Å². The standard InChI is InChI=1S/C12H11O3P.C6H6O/c13-16(14-11-7-3-1-4-8-11)15-12-9-5-2-6-10-12;7-6-4-2-1-3-5-6/h1-10,16H;1-5,7H. The lowest BCUT2D eigenvalue weighted by atomic mass is 10.3. The van der Waals surface area contributed by atoms with Crippen molar-refractivity contribution >= 4 is 8.25 Å². The minimum absolute atomic E-state index is 0.322. The van der Waals surface area contributed by atoms with Gasteiger partial charge in [0.05, 0.1) is 0 Å². The number of phenols is 1. The summed E-state index contributed by atoms with van der Waals surface area (Å²) >= 11 is 0. The molecule has 0 spiro atoms. The van der Waals surface area contributed by atoms with Gasteiger partial charge in [-0.1, -0.05) is 54.6 Å². The molecule has 0 aromatic heterocycles. The van der Waals surface area contributed by atoms with Gasteiger partial charge in [0.2, 0.25) is 0 Å². The molecule has 0 aliphatic rings. The van der Waals surface area contributed by atoms with Gasteiger partial charge in [-0.25, -0.2) is 4.57 Å². The Morgan fingerprint density at radius 3 is 1.26 bits per heavy atom. The minimum atomic E-state index is -2.54. The summed E-state index contributed by atoms with van der Waals surface area (Å²) in [6, 6.07) is 26.6. The van der Waals surface area contributed by atoms with Crippen LogP contribution in [-0.4, -0.2) is 5.11 Å². The van der Waals surface area contributed by atoms with Crippen molar-refractivity contribution in [1.29, 1.82) is 0 Å². The van der Waals surface area contributed by atoms with Gasteiger partial charge in [-0.15, -0.1) is 0 Å². The molecule has 0 heterocycles. The summed E-state index contributed by atoms with van der Waals surface area (Å²) in [7, 11) is -2.54. The van der Waals surface area contributed by atoms with Crippen LogP contribution < -0.4 is 9.05 Å². The first-order chi connectivity index (χ1) is 11.2. The van der Waals surface area contributed by atoms with Crippen LogP contribution in [0.3, 0.4) is 0 Å². The van der Waals surface area contributed by atoms with Crippen LogP contribution in [-0.2, 0) is 4.57 Å². The first-order valence-electron chi connectivity index (χ1n) is 6.98. The summed E-state index contributed by atoms with van der Waals surface area (Å²) in [5, 5.41) is 8.63. The summed E-state index contributed by atoms with van der Waals surface area (Å²) in [5.74, 6) is 1.41. The molecule has 0 amide bonds. The highest BCUT2D eigenvalue weighted by molar-refractivity contribution is 7.34. The van der Waals surface area contributed by atoms with E-state index in [2.05, 4.69) is 0 Å². The fraction of sp³-hybridized carbons (Fsp3) is 0. The number of rotatable bonds is 4. The monoisotopic (exact) mass is 328 g/mol. The molecule has 23 heavy (non-hydrogen) atoms. The molecular weight excluding hydrogens is 311 g/mol. The maximum Gasteiger partial charge on any atom is 0.418 e. The van der Waals surface area contributed by atoms with E-state index in [1.165, 1.54) is 0 Å². The molecule has 0 unspecified atom stereocenters. The average molecular weight is 328 g/mol. The maximum absolute atomic E-state index is 11.5. The molecule has 0 saturated heterocycles. The lowest BCUT2D eigenvalue weighted by Gasteiger charge is -2.07. The van der Waals surface area contributed by atoms with E-state index in [1.54, 1.807) is 48.5 Å². The van der Waals surface area contributed by atoms with E-state index >= 15 is 0 Å². The van der Waals surface area contributed by atoms with Crippen molar-refractivity contribution in [2.75, 3.05) is 0 Å². The van der Waals surface area contributed by atoms with E-state index in [0.717, 1.165) is 0 Å². The van der Waals surface area contributed by atoms with E-state index in [0.29, 0.717) is 17.2 Å². The predicted molar refractivity (Wildman–Crippen MR) is 91.2 cm³/mol. The van der Waals surface area contributed by atoms with Crippen LogP contribution in [0.4, 0.5) is 0 Å². The summed E-state index contributed by atoms with van der Waals surface area (Å²) < 4.78 is 21.8. The molecule has 0 aliphatic carbocycles. The van der Waals surface area contributed by atoms with E-state index in [1.807, 2.05) is 42.5 Å². The van der Waals surface area contributed by atoms with Crippen LogP contribution in [0.1, 0.15) is 0 Å². The van der Waals surface area contributed by atoms with Gasteiger partial charge in [-0.05, 0) is 36.4 Å². The molecule has 0 aliphatic heterocycles. The van der Waals surface area contributed by atoms with E-state index in [4.69, 9.17) is 14.2 Å². The fourth-order valence-electron chi connectivity index (χ4n) is 1.62. The van der Waals surface area contributed by atoms with Crippen molar-refractivity contribution < 1.29 is 18.7 Å². The van der Waals surface area contributed by atoms with Crippen molar-refractivity contribution in [3.8, 4) is 17.2 Å². The third-order valence-corrected chi connectivity index (χ3v) is 3.45. The normalized spacial score (nSPS) is 9.61. The Labute approximate surface area is 135 Å². The zero-order valence-corrected chi connectivity index (χ0v) is 13.3. The number of aromatic hydroxyl groups is 1. The highest BCUT2D eigenvalue weighted by Gasteiger charge is 2.02. The number of hydrogen-bond donors (Lipinski definition) is 1. The Hall–Kier alpha value is -2.71. The van der Waals surface area contributed by atoms with Gasteiger partial charge < -0.3 is 14.2 Å². The van der Waals surface area contributed by atoms with E-state index in [9.17, 15) is 4.57 Å². The van der Waals surface area contributed by atoms with Gasteiger partial charge in [0, 0.05) is 0 Å². The van der Waals surface area contributed by atoms with Crippen molar-refractivity contribution in [1.82, 2.24) is 0 Å². The SMILES string of the molecule is O=[PH](Oc1ccccc1)Oc1ccccc1.Oc1ccccc1. The third kappa shape index (κ3) is 6.72. The molecule has 3 aromatic rings. The first-order valence-corrected chi connectivity index (χ1v) is 8.20. The Balaban J connectivity index is 0.000000229. The van der Waals surface area contributed by atoms with Gasteiger partial charge in [-0.2, -0.15) is 0 Å². The number of phenolic OH excluding ortho intramolecular Hbond substituents is 1. The second-order valence-electron chi connectivity index (χ2n) is 4.42. The lowest BCUT2D eigenvalue weighted by molar-refractivity contribution is 0.415. The predicted octanol–water partition coefficient (Wildman–Crippen LogP) is 4.93. The number of benzene rings is 3. The second kappa shape index (κ2) is 9.34. The van der Waals surface area contributed by atoms with Crippen LogP contribution in [0.5, 0.6) is 17.2 Å². The van der Waals surface area contributed by atoms with Gasteiger partial charge >= 0.3 is 8.25 Å². The van der Waals surface area contributed by atoms with Gasteiger partial charge in [0.1, 0.15) is 17.2 Å². The summed E-state index contributed by atoms with van der Waals surface area (Å²) in [6.07, 6.45) is 0. The van der Waals surface area contributed by atoms with Crippen molar-refractivity contribution in [2.45, 2.75) is 0 Å². The van der Waals surface area contributed by atoms with Gasteiger partial charge in [0.15, 0.2) is 0 Å². The van der Waals surface area contributed by atoms with Gasteiger partial charge in [0.25, 0.3) is 0 Å². The third-order valence-electron chi connectivity index (χ3n) is 2.64. The van der Waals surface area contributed by atoms with Crippen LogP contribution in [0.2, 0.25) is 0 Å². The molecule has 5 heteroatoms. The van der Waals surface area contributed by atoms with E-state index in [-0.39, 0.29) is 0 Å². The minimum Gasteiger partial charge on any atom is -0.508 e. The molecule has 4 nitrogen and oxygen atoms in total. The van der Waals surface area contributed by atoms with Crippen LogP contribution in [0.25, 0.3) is 0 Å². The topological polar surface area (TPSA) is 55.8 Å². The molecule has 0 saturated carbocycles. The molecule has 0 atom stereocenters. The Kier molecular flexibility index (Phi) is 6.76. The lowest BCUT2D eigenvalue weighted by Crippen LogP contribution is -1.87. The summed E-state index contributed by atoms with van der Waals surface area (Å²) in [6.45, 7) is 0. The quantitative estimate of drug-likeness (QED) is 0.690. The van der Waals surface area contributed by atoms with Crippen LogP contribution in [0, 0.1) is 0 Å². The average Bonchev–Trinajstić information content (AvgIpc) is 2.58. The summed E-state index contributed by atoms with van der Waals surface area (Å²) in [4.78, 5) is 0. The Morgan fingerprint density at radius 2 is 0.957 bits per heavy atom. The van der Waals surface area contributed by atoms with Crippen molar-refractivity contribution in [2.24, 2.45) is 0 Å². The number of para-hydroxylation sites is 3. The molecule has 0 fully saturated rings. The maximum atomic E-state index is 11.5. The largest absolute Gasteiger partial charge is 0.508 e. The molecule has 1 N–H and O–H groups in total. The molecule has 118 valence electrons. The highest BCUT2D eigenvalue weighted by atomic mass is 31.1. The summed E-state index contributed by atoms with van der Waals surface area (Å²) in [5.41, 5.74) is 0. The van der Waals surface area contributed by atoms with Gasteiger partial charge in [-0.3, -0.25) is 0 Å². The zero-order chi connectivity index (χ0) is 16.3. The Morgan fingerprint density at radius 1 is 0.609 bits per heavy atom. The van der Waals surface area contributed by atoms with Crippen molar-refractivity contribution in [3.63, 3.8) is 0 Å². The Bertz CT molecular complexity index is 659. The van der Waals surface area contributed by atoms with Crippen LogP contribution in [0.15, 0.2) is 91.0 Å². The smallest absolute Gasteiger partial charge is 0.418 e. The molecule has 3 aromatic carbocycles. The number of hydrogen-bond acceptors (Lipinski definition) is 4. The fourth-order valence-corrected chi connectivity index (χ4v) is 2.32. The zero-order valence-electron chi connectivity index (χ0n) is 12.3. The van der Waals surface area contributed by atoms with Crippen molar-refractivity contribution in [3.05, 3.63) is 91.0 Å². The molecule has 0 bridgehead atoms. The second-order valence-corrected chi connectivity index (χ2v) is 5.32.